The zero-order chi connectivity index (χ0) is 5.28. The smallest absolute Gasteiger partial charge is 0.246 e. The quantitative estimate of drug-likeness (QED) is 0.389. The fraction of sp³-hybridized carbons (Fsp3) is 0.750. The summed E-state index contributed by atoms with van der Waals surface area (Å²) in [5, 5.41) is 0.264. The molecule has 0 saturated carbocycles. The second kappa shape index (κ2) is 3.33. The second-order valence-corrected chi connectivity index (χ2v) is 2.75. The predicted molar refractivity (Wildman–Crippen MR) is 28.8 cm³/mol. The van der Waals surface area contributed by atoms with Crippen molar-refractivity contribution in [2.45, 2.75) is 12.5 Å². The van der Waals surface area contributed by atoms with E-state index in [-0.39, 0.29) is 23.6 Å². The Kier molecular flexibility index (Phi) is 3.44. The molecule has 1 heterocycles. The average Bonchev–Trinajstić information content (AvgIpc) is 1.91. The lowest BCUT2D eigenvalue weighted by Gasteiger charge is -1.86. The molecule has 1 rings (SSSR count). The van der Waals surface area contributed by atoms with E-state index in [1.165, 1.54) is 11.8 Å². The van der Waals surface area contributed by atoms with Crippen LogP contribution in [0, 0.1) is 0 Å². The monoisotopic (exact) mass is 153 g/mol. The van der Waals surface area contributed by atoms with Crippen molar-refractivity contribution < 1.29 is 22.9 Å². The van der Waals surface area contributed by atoms with Crippen molar-refractivity contribution in [2.24, 2.45) is 0 Å². The summed E-state index contributed by atoms with van der Waals surface area (Å²) in [7, 11) is 0. The molecule has 1 atom stereocenters. The van der Waals surface area contributed by atoms with Crippen molar-refractivity contribution in [1.29, 1.82) is 0 Å². The lowest BCUT2D eigenvalue weighted by Crippen LogP contribution is -3.00. The molecule has 1 aliphatic rings. The van der Waals surface area contributed by atoms with Gasteiger partial charge in [-0.05, 0) is 0 Å². The number of hydrogen-bond acceptors (Lipinski definition) is 2. The van der Waals surface area contributed by atoms with Gasteiger partial charge in [0.25, 0.3) is 0 Å². The molecule has 0 spiro atoms. The fourth-order valence-electron chi connectivity index (χ4n) is 0.537. The van der Waals surface area contributed by atoms with Crippen molar-refractivity contribution in [3.8, 4) is 0 Å². The summed E-state index contributed by atoms with van der Waals surface area (Å²) in [6.45, 7) is 0. The van der Waals surface area contributed by atoms with Crippen LogP contribution in [0.2, 0.25) is 0 Å². The highest BCUT2D eigenvalue weighted by atomic mass is 35.5. The van der Waals surface area contributed by atoms with Crippen LogP contribution in [-0.4, -0.2) is 16.9 Å². The van der Waals surface area contributed by atoms with Gasteiger partial charge in [0.15, 0.2) is 6.04 Å². The standard InChI is InChI=1S/C4H7NOS.ClH/c5-3-1-2-7-4(3)6;/h3H,1-2,5H2;1H. The van der Waals surface area contributed by atoms with Gasteiger partial charge in [0.2, 0.25) is 5.12 Å². The third kappa shape index (κ3) is 1.65. The summed E-state index contributed by atoms with van der Waals surface area (Å²) in [6.07, 6.45) is 0.976. The van der Waals surface area contributed by atoms with Crippen molar-refractivity contribution in [3.05, 3.63) is 0 Å². The summed E-state index contributed by atoms with van der Waals surface area (Å²) in [5.74, 6) is 0.979. The SMILES string of the molecule is [Cl-].[NH3+]C1CCSC1=O. The van der Waals surface area contributed by atoms with Gasteiger partial charge in [0, 0.05) is 12.2 Å². The number of carbonyl (C=O) groups excluding carboxylic acids is 1. The van der Waals surface area contributed by atoms with Gasteiger partial charge in [0.1, 0.15) is 0 Å². The molecule has 0 amide bonds. The van der Waals surface area contributed by atoms with Crippen LogP contribution < -0.4 is 18.1 Å². The topological polar surface area (TPSA) is 44.7 Å². The first kappa shape index (κ1) is 8.27. The van der Waals surface area contributed by atoms with Gasteiger partial charge < -0.3 is 18.1 Å². The number of rotatable bonds is 0. The highest BCUT2D eigenvalue weighted by molar-refractivity contribution is 8.14. The lowest BCUT2D eigenvalue weighted by atomic mass is 10.3. The molecule has 0 aliphatic carbocycles. The van der Waals surface area contributed by atoms with E-state index in [1.807, 2.05) is 0 Å². The van der Waals surface area contributed by atoms with Gasteiger partial charge in [-0.3, -0.25) is 4.79 Å². The van der Waals surface area contributed by atoms with E-state index in [0.717, 1.165) is 12.2 Å². The summed E-state index contributed by atoms with van der Waals surface area (Å²) in [5.41, 5.74) is 3.65. The number of halogens is 1. The summed E-state index contributed by atoms with van der Waals surface area (Å²) in [4.78, 5) is 10.5. The molecule has 1 saturated heterocycles. The van der Waals surface area contributed by atoms with Gasteiger partial charge in [-0.1, -0.05) is 11.8 Å². The molecule has 3 N–H and O–H groups in total. The van der Waals surface area contributed by atoms with Crippen molar-refractivity contribution in [3.63, 3.8) is 0 Å². The van der Waals surface area contributed by atoms with Crippen LogP contribution in [0.25, 0.3) is 0 Å². The molecule has 0 aromatic rings. The minimum atomic E-state index is 0. The van der Waals surface area contributed by atoms with E-state index < -0.39 is 0 Å². The van der Waals surface area contributed by atoms with Crippen molar-refractivity contribution >= 4 is 16.9 Å². The van der Waals surface area contributed by atoms with E-state index in [2.05, 4.69) is 5.73 Å². The zero-order valence-corrected chi connectivity index (χ0v) is 5.97. The first-order valence-corrected chi connectivity index (χ1v) is 3.29. The first-order valence-electron chi connectivity index (χ1n) is 2.30. The normalized spacial score (nSPS) is 27.6. The Morgan fingerprint density at radius 2 is 2.38 bits per heavy atom. The minimum absolute atomic E-state index is 0. The van der Waals surface area contributed by atoms with Crippen LogP contribution in [0.5, 0.6) is 0 Å². The zero-order valence-electron chi connectivity index (χ0n) is 4.39. The number of hydrogen-bond donors (Lipinski definition) is 1. The van der Waals surface area contributed by atoms with Gasteiger partial charge in [-0.15, -0.1) is 0 Å². The van der Waals surface area contributed by atoms with Crippen LogP contribution in [-0.2, 0) is 4.79 Å². The number of carbonyl (C=O) groups is 1. The Bertz CT molecular complexity index is 98.0. The van der Waals surface area contributed by atoms with Gasteiger partial charge in [-0.2, -0.15) is 0 Å². The highest BCUT2D eigenvalue weighted by Gasteiger charge is 2.23. The van der Waals surface area contributed by atoms with Crippen LogP contribution >= 0.6 is 11.8 Å². The molecule has 1 fully saturated rings. The summed E-state index contributed by atoms with van der Waals surface area (Å²) >= 11 is 1.40. The molecule has 0 aromatic carbocycles. The molecule has 1 unspecified atom stereocenters. The Morgan fingerprint density at radius 3 is 2.50 bits per heavy atom. The van der Waals surface area contributed by atoms with Crippen LogP contribution in [0.4, 0.5) is 0 Å². The molecule has 1 aliphatic heterocycles. The Labute approximate surface area is 58.6 Å². The van der Waals surface area contributed by atoms with Crippen LogP contribution in [0.15, 0.2) is 0 Å². The van der Waals surface area contributed by atoms with E-state index >= 15 is 0 Å². The fourth-order valence-corrected chi connectivity index (χ4v) is 1.49. The van der Waals surface area contributed by atoms with E-state index in [4.69, 9.17) is 0 Å². The van der Waals surface area contributed by atoms with Crippen molar-refractivity contribution in [1.82, 2.24) is 0 Å². The van der Waals surface area contributed by atoms with Crippen LogP contribution in [0.3, 0.4) is 0 Å². The van der Waals surface area contributed by atoms with Gasteiger partial charge in [0.05, 0.1) is 0 Å². The molecule has 48 valence electrons. The highest BCUT2D eigenvalue weighted by Crippen LogP contribution is 2.15. The predicted octanol–water partition coefficient (Wildman–Crippen LogP) is -3.74. The molecule has 2 nitrogen and oxygen atoms in total. The van der Waals surface area contributed by atoms with E-state index in [9.17, 15) is 4.79 Å². The maximum atomic E-state index is 10.5. The lowest BCUT2D eigenvalue weighted by molar-refractivity contribution is -0.400. The molecular formula is C4H8ClNOS. The first-order chi connectivity index (χ1) is 3.30. The molecular weight excluding hydrogens is 146 g/mol. The third-order valence-corrected chi connectivity index (χ3v) is 2.10. The Balaban J connectivity index is 0.000000490. The number of thioether (sulfide) groups is 1. The molecule has 0 bridgehead atoms. The summed E-state index contributed by atoms with van der Waals surface area (Å²) < 4.78 is 0. The average molecular weight is 154 g/mol. The Morgan fingerprint density at radius 1 is 1.75 bits per heavy atom. The molecule has 4 heteroatoms. The van der Waals surface area contributed by atoms with Gasteiger partial charge in [-0.25, -0.2) is 0 Å². The summed E-state index contributed by atoms with van der Waals surface area (Å²) in [6, 6.07) is 0.0880. The minimum Gasteiger partial charge on any atom is -1.00 e. The number of quaternary nitrogens is 1. The van der Waals surface area contributed by atoms with Crippen LogP contribution in [0.1, 0.15) is 6.42 Å². The van der Waals surface area contributed by atoms with Gasteiger partial charge >= 0.3 is 0 Å². The maximum absolute atomic E-state index is 10.5. The van der Waals surface area contributed by atoms with Crippen molar-refractivity contribution in [2.75, 3.05) is 5.75 Å². The third-order valence-electron chi connectivity index (χ3n) is 1.04. The van der Waals surface area contributed by atoms with E-state index in [1.54, 1.807) is 0 Å². The Hall–Kier alpha value is 0.270. The molecule has 0 aromatic heterocycles. The molecule has 0 radical (unpaired) electrons. The van der Waals surface area contributed by atoms with E-state index in [0.29, 0.717) is 0 Å². The maximum Gasteiger partial charge on any atom is 0.246 e. The second-order valence-electron chi connectivity index (χ2n) is 1.65. The molecule has 8 heavy (non-hydrogen) atoms. The largest absolute Gasteiger partial charge is 1.00 e.